The molecule has 0 bridgehead atoms. The van der Waals surface area contributed by atoms with Crippen molar-refractivity contribution >= 4 is 11.8 Å². The summed E-state index contributed by atoms with van der Waals surface area (Å²) in [6, 6.07) is 6.15. The lowest BCUT2D eigenvalue weighted by molar-refractivity contribution is -0.137. The molecule has 1 atom stereocenters. The van der Waals surface area contributed by atoms with E-state index in [1.54, 1.807) is 28.0 Å². The number of nitrogens with one attached hydrogen (secondary N) is 1. The first-order valence-corrected chi connectivity index (χ1v) is 11.5. The quantitative estimate of drug-likeness (QED) is 0.568. The van der Waals surface area contributed by atoms with Crippen LogP contribution in [0.3, 0.4) is 0 Å². The molecule has 2 aliphatic heterocycles. The van der Waals surface area contributed by atoms with Crippen LogP contribution in [0.1, 0.15) is 37.1 Å². The minimum atomic E-state index is -4.63. The number of nitrogens with zero attached hydrogens (tertiary/aromatic N) is 5. The number of aromatic nitrogens is 4. The first-order valence-electron chi connectivity index (χ1n) is 11.5. The topological polar surface area (TPSA) is 111 Å². The van der Waals surface area contributed by atoms with E-state index >= 15 is 0 Å². The van der Waals surface area contributed by atoms with E-state index in [1.165, 1.54) is 6.20 Å². The Kier molecular flexibility index (Phi) is 5.66. The second-order valence-electron chi connectivity index (χ2n) is 9.60. The average Bonchev–Trinajstić information content (AvgIpc) is 3.45. The molecule has 12 heteroatoms. The van der Waals surface area contributed by atoms with Crippen molar-refractivity contribution < 1.29 is 22.7 Å². The van der Waals surface area contributed by atoms with Crippen molar-refractivity contribution in [2.24, 2.45) is 0 Å². The van der Waals surface area contributed by atoms with Crippen LogP contribution in [0.5, 0.6) is 0 Å². The normalized spacial score (nSPS) is 20.0. The number of urea groups is 1. The predicted molar refractivity (Wildman–Crippen MR) is 124 cm³/mol. The zero-order valence-electron chi connectivity index (χ0n) is 19.8. The minimum Gasteiger partial charge on any atom is -0.383 e. The van der Waals surface area contributed by atoms with Crippen LogP contribution in [0.25, 0.3) is 11.3 Å². The number of nitrogens with two attached hydrogens (primary N) is 1. The summed E-state index contributed by atoms with van der Waals surface area (Å²) >= 11 is 0. The number of hydrogen-bond acceptors (Lipinski definition) is 6. The number of carbonyl (C=O) groups is 1. The fourth-order valence-corrected chi connectivity index (χ4v) is 4.77. The molecular weight excluding hydrogens is 475 g/mol. The van der Waals surface area contributed by atoms with Crippen molar-refractivity contribution in [3.63, 3.8) is 0 Å². The van der Waals surface area contributed by atoms with Crippen LogP contribution in [0, 0.1) is 0 Å². The highest BCUT2D eigenvalue weighted by Crippen LogP contribution is 2.41. The number of alkyl halides is 3. The molecule has 2 amide bonds. The van der Waals surface area contributed by atoms with Gasteiger partial charge in [0, 0.05) is 37.1 Å². The number of likely N-dealkylation sites (tertiary alicyclic amines) is 1. The predicted octanol–water partition coefficient (Wildman–Crippen LogP) is 3.52. The Morgan fingerprint density at radius 2 is 2.03 bits per heavy atom. The van der Waals surface area contributed by atoms with Gasteiger partial charge in [-0.1, -0.05) is 6.07 Å². The summed E-state index contributed by atoms with van der Waals surface area (Å²) in [5.74, 6) is -0.582. The highest BCUT2D eigenvalue weighted by Gasteiger charge is 2.47. The van der Waals surface area contributed by atoms with E-state index in [0.29, 0.717) is 38.4 Å². The zero-order valence-corrected chi connectivity index (χ0v) is 19.8. The van der Waals surface area contributed by atoms with E-state index in [9.17, 15) is 18.0 Å². The Balaban J connectivity index is 1.39. The molecular formula is C24H26F3N7O2. The van der Waals surface area contributed by atoms with Crippen molar-refractivity contribution in [2.45, 2.75) is 44.1 Å². The monoisotopic (exact) mass is 501 g/mol. The molecule has 5 rings (SSSR count). The summed E-state index contributed by atoms with van der Waals surface area (Å²) in [5, 5.41) is 7.58. The molecule has 1 spiro atoms. The van der Waals surface area contributed by atoms with Crippen LogP contribution in [0.4, 0.5) is 23.8 Å². The molecule has 9 nitrogen and oxygen atoms in total. The maximum Gasteiger partial charge on any atom is 0.419 e. The Hall–Kier alpha value is -3.67. The van der Waals surface area contributed by atoms with Gasteiger partial charge in [-0.15, -0.1) is 0 Å². The molecule has 1 saturated heterocycles. The van der Waals surface area contributed by atoms with Crippen molar-refractivity contribution in [1.29, 1.82) is 0 Å². The van der Waals surface area contributed by atoms with Gasteiger partial charge < -0.3 is 20.7 Å². The summed E-state index contributed by atoms with van der Waals surface area (Å²) in [6.45, 7) is 5.38. The third kappa shape index (κ3) is 4.25. The van der Waals surface area contributed by atoms with Gasteiger partial charge in [0.1, 0.15) is 11.4 Å². The Morgan fingerprint density at radius 3 is 2.75 bits per heavy atom. The molecule has 0 radical (unpaired) electrons. The van der Waals surface area contributed by atoms with E-state index in [-0.39, 0.29) is 11.6 Å². The fraction of sp³-hybridized carbons (Fsp3) is 0.417. The number of rotatable bonds is 3. The van der Waals surface area contributed by atoms with Crippen molar-refractivity contribution in [2.75, 3.05) is 25.4 Å². The summed E-state index contributed by atoms with van der Waals surface area (Å²) in [4.78, 5) is 22.7. The number of ether oxygens (including phenoxy) is 1. The summed E-state index contributed by atoms with van der Waals surface area (Å²) < 4.78 is 48.0. The molecule has 3 aromatic rings. The number of anilines is 1. The van der Waals surface area contributed by atoms with Gasteiger partial charge in [0.25, 0.3) is 0 Å². The zero-order chi connectivity index (χ0) is 25.7. The van der Waals surface area contributed by atoms with Gasteiger partial charge in [-0.3, -0.25) is 9.67 Å². The lowest BCUT2D eigenvalue weighted by atomic mass is 9.96. The second kappa shape index (κ2) is 8.47. The highest BCUT2D eigenvalue weighted by molar-refractivity contribution is 5.76. The molecule has 0 aliphatic carbocycles. The molecule has 0 aromatic carbocycles. The maximum absolute atomic E-state index is 13.3. The van der Waals surface area contributed by atoms with E-state index < -0.39 is 28.7 Å². The lowest BCUT2D eigenvalue weighted by Gasteiger charge is -2.35. The fourth-order valence-electron chi connectivity index (χ4n) is 4.77. The molecule has 3 aromatic heterocycles. The van der Waals surface area contributed by atoms with Gasteiger partial charge in [0.05, 0.1) is 42.2 Å². The number of hydrogen-bond donors (Lipinski definition) is 2. The van der Waals surface area contributed by atoms with Gasteiger partial charge >= 0.3 is 12.2 Å². The third-order valence-electron chi connectivity index (χ3n) is 6.77. The number of nitrogen functional groups attached to an aromatic ring is 1. The molecule has 5 heterocycles. The number of carbonyl (C=O) groups excluding carboxylic acids is 1. The Morgan fingerprint density at radius 1 is 1.22 bits per heavy atom. The minimum absolute atomic E-state index is 0.208. The first-order chi connectivity index (χ1) is 17.0. The summed E-state index contributed by atoms with van der Waals surface area (Å²) in [6.07, 6.45) is 0.577. The van der Waals surface area contributed by atoms with Crippen molar-refractivity contribution in [3.05, 3.63) is 59.7 Å². The van der Waals surface area contributed by atoms with Crippen LogP contribution in [-0.2, 0) is 28.6 Å². The Bertz CT molecular complexity index is 1290. The number of halogens is 3. The number of amides is 2. The summed E-state index contributed by atoms with van der Waals surface area (Å²) in [5.41, 5.74) is 5.15. The largest absolute Gasteiger partial charge is 0.419 e. The van der Waals surface area contributed by atoms with Crippen molar-refractivity contribution in [3.8, 4) is 11.3 Å². The average molecular weight is 502 g/mol. The molecule has 1 fully saturated rings. The van der Waals surface area contributed by atoms with Crippen LogP contribution in [-0.4, -0.2) is 50.4 Å². The van der Waals surface area contributed by atoms with E-state index in [4.69, 9.17) is 10.5 Å². The third-order valence-corrected chi connectivity index (χ3v) is 6.77. The summed E-state index contributed by atoms with van der Waals surface area (Å²) in [7, 11) is 0. The highest BCUT2D eigenvalue weighted by atomic mass is 19.4. The SMILES string of the molecule is CC(C)(NC(=O)N1CCC2(C1)OCCn1nc(-c3cnc(N)c(C(F)(F)F)c3)cc12)c1cccnc1. The Labute approximate surface area is 205 Å². The van der Waals surface area contributed by atoms with Crippen LogP contribution in [0.15, 0.2) is 42.9 Å². The molecule has 2 aliphatic rings. The van der Waals surface area contributed by atoms with Gasteiger partial charge in [-0.2, -0.15) is 18.3 Å². The van der Waals surface area contributed by atoms with E-state index in [1.807, 2.05) is 26.0 Å². The first kappa shape index (κ1) is 24.0. The molecule has 190 valence electrons. The maximum atomic E-state index is 13.3. The molecule has 36 heavy (non-hydrogen) atoms. The van der Waals surface area contributed by atoms with Crippen LogP contribution < -0.4 is 11.1 Å². The smallest absolute Gasteiger partial charge is 0.383 e. The van der Waals surface area contributed by atoms with E-state index in [0.717, 1.165) is 17.3 Å². The van der Waals surface area contributed by atoms with E-state index in [2.05, 4.69) is 20.4 Å². The van der Waals surface area contributed by atoms with Crippen LogP contribution in [0.2, 0.25) is 0 Å². The van der Waals surface area contributed by atoms with Gasteiger partial charge in [0.15, 0.2) is 0 Å². The van der Waals surface area contributed by atoms with Gasteiger partial charge in [-0.25, -0.2) is 9.78 Å². The molecule has 3 N–H and O–H groups in total. The number of pyridine rings is 2. The second-order valence-corrected chi connectivity index (χ2v) is 9.60. The lowest BCUT2D eigenvalue weighted by Crippen LogP contribution is -2.49. The van der Waals surface area contributed by atoms with Gasteiger partial charge in [-0.05, 0) is 37.6 Å². The molecule has 1 unspecified atom stereocenters. The standard InChI is InChI=1S/C24H26F3N7O2/c1-22(2,16-4-3-6-29-13-16)31-21(35)33-7-5-23(14-33)19-11-18(32-34(19)8-9-36-23)15-10-17(24(25,26)27)20(28)30-12-15/h3-4,6,10-13H,5,7-9,14H2,1-2H3,(H2,28,30)(H,31,35). The van der Waals surface area contributed by atoms with Gasteiger partial charge in [0.2, 0.25) is 0 Å². The van der Waals surface area contributed by atoms with Crippen molar-refractivity contribution in [1.82, 2.24) is 30.0 Å². The van der Waals surface area contributed by atoms with Crippen LogP contribution >= 0.6 is 0 Å². The number of fused-ring (bicyclic) bond motifs is 2. The molecule has 0 saturated carbocycles.